The Morgan fingerprint density at radius 1 is 1.11 bits per heavy atom. The number of ether oxygens (including phenoxy) is 1. The first-order chi connectivity index (χ1) is 13.3. The quantitative estimate of drug-likeness (QED) is 0.778. The average molecular weight is 367 g/mol. The maximum atomic E-state index is 9.52. The first-order valence-corrected chi connectivity index (χ1v) is 9.70. The lowest BCUT2D eigenvalue weighted by Gasteiger charge is -2.41. The van der Waals surface area contributed by atoms with Crippen molar-refractivity contribution in [1.82, 2.24) is 9.80 Å². The van der Waals surface area contributed by atoms with Crippen molar-refractivity contribution in [3.63, 3.8) is 0 Å². The summed E-state index contributed by atoms with van der Waals surface area (Å²) >= 11 is 0. The first-order valence-electron chi connectivity index (χ1n) is 9.70. The molecule has 0 unspecified atom stereocenters. The zero-order chi connectivity index (χ0) is 18.9. The van der Waals surface area contributed by atoms with Crippen LogP contribution >= 0.6 is 0 Å². The third kappa shape index (κ3) is 5.93. The maximum Gasteiger partial charge on any atom is 0.119 e. The van der Waals surface area contributed by atoms with Gasteiger partial charge in [-0.1, -0.05) is 54.6 Å². The standard InChI is InChI=1S/C23H30N2O2/c1-27-23-11-5-9-21(17-23)18-25-15-14-24(19-22(25)12-16-26)13-6-10-20-7-3-2-4-8-20/h2-11,17,22,26H,12-16,18-19H2,1H3/b10-6+/t22-/m1/s1. The van der Waals surface area contributed by atoms with E-state index in [-0.39, 0.29) is 6.61 Å². The van der Waals surface area contributed by atoms with Crippen LogP contribution in [0.2, 0.25) is 0 Å². The molecule has 0 aromatic heterocycles. The molecule has 1 aliphatic rings. The van der Waals surface area contributed by atoms with Gasteiger partial charge in [-0.05, 0) is 29.7 Å². The number of piperazine rings is 1. The number of aliphatic hydroxyl groups is 1. The Kier molecular flexibility index (Phi) is 7.45. The molecule has 1 fully saturated rings. The smallest absolute Gasteiger partial charge is 0.119 e. The van der Waals surface area contributed by atoms with Gasteiger partial charge in [0.1, 0.15) is 5.75 Å². The molecule has 1 heterocycles. The molecule has 0 saturated carbocycles. The van der Waals surface area contributed by atoms with Crippen LogP contribution in [0.3, 0.4) is 0 Å². The zero-order valence-corrected chi connectivity index (χ0v) is 16.1. The Bertz CT molecular complexity index is 717. The number of aliphatic hydroxyl groups excluding tert-OH is 1. The molecule has 144 valence electrons. The van der Waals surface area contributed by atoms with Gasteiger partial charge in [0, 0.05) is 45.4 Å². The zero-order valence-electron chi connectivity index (χ0n) is 16.1. The summed E-state index contributed by atoms with van der Waals surface area (Å²) in [6, 6.07) is 19.1. The molecule has 1 aliphatic heterocycles. The van der Waals surface area contributed by atoms with E-state index in [2.05, 4.69) is 58.4 Å². The second-order valence-electron chi connectivity index (χ2n) is 7.06. The van der Waals surface area contributed by atoms with Crippen molar-refractivity contribution < 1.29 is 9.84 Å². The van der Waals surface area contributed by atoms with Crippen molar-refractivity contribution in [2.45, 2.75) is 19.0 Å². The summed E-state index contributed by atoms with van der Waals surface area (Å²) in [5.41, 5.74) is 2.50. The Hall–Kier alpha value is -2.14. The van der Waals surface area contributed by atoms with Gasteiger partial charge in [-0.3, -0.25) is 9.80 Å². The van der Waals surface area contributed by atoms with Crippen molar-refractivity contribution >= 4 is 6.08 Å². The highest BCUT2D eigenvalue weighted by Crippen LogP contribution is 2.19. The van der Waals surface area contributed by atoms with Crippen molar-refractivity contribution in [1.29, 1.82) is 0 Å². The van der Waals surface area contributed by atoms with Gasteiger partial charge in [0.2, 0.25) is 0 Å². The Balaban J connectivity index is 1.56. The minimum Gasteiger partial charge on any atom is -0.497 e. The van der Waals surface area contributed by atoms with E-state index >= 15 is 0 Å². The molecule has 27 heavy (non-hydrogen) atoms. The van der Waals surface area contributed by atoms with Crippen LogP contribution in [0.25, 0.3) is 6.08 Å². The number of nitrogens with zero attached hydrogens (tertiary/aromatic N) is 2. The highest BCUT2D eigenvalue weighted by atomic mass is 16.5. The minimum absolute atomic E-state index is 0.229. The first kappa shape index (κ1) is 19.6. The molecular weight excluding hydrogens is 336 g/mol. The molecule has 2 aromatic rings. The van der Waals surface area contributed by atoms with Crippen molar-refractivity contribution in [2.75, 3.05) is 39.9 Å². The lowest BCUT2D eigenvalue weighted by atomic mass is 10.1. The van der Waals surface area contributed by atoms with E-state index < -0.39 is 0 Å². The fourth-order valence-corrected chi connectivity index (χ4v) is 3.66. The van der Waals surface area contributed by atoms with Crippen LogP contribution in [0.5, 0.6) is 5.75 Å². The van der Waals surface area contributed by atoms with Gasteiger partial charge >= 0.3 is 0 Å². The van der Waals surface area contributed by atoms with Crippen LogP contribution < -0.4 is 4.74 Å². The highest BCUT2D eigenvalue weighted by Gasteiger charge is 2.26. The van der Waals surface area contributed by atoms with Crippen LogP contribution in [-0.4, -0.2) is 60.8 Å². The summed E-state index contributed by atoms with van der Waals surface area (Å²) < 4.78 is 5.34. The summed E-state index contributed by atoms with van der Waals surface area (Å²) in [7, 11) is 1.70. The van der Waals surface area contributed by atoms with Crippen LogP contribution in [0.4, 0.5) is 0 Å². The summed E-state index contributed by atoms with van der Waals surface area (Å²) in [5, 5.41) is 9.52. The topological polar surface area (TPSA) is 35.9 Å². The lowest BCUT2D eigenvalue weighted by molar-refractivity contribution is 0.0596. The maximum absolute atomic E-state index is 9.52. The summed E-state index contributed by atoms with van der Waals surface area (Å²) in [4.78, 5) is 4.96. The molecule has 2 aromatic carbocycles. The molecule has 4 heteroatoms. The van der Waals surface area contributed by atoms with Crippen molar-refractivity contribution in [3.8, 4) is 5.75 Å². The molecule has 1 saturated heterocycles. The normalized spacial score (nSPS) is 18.8. The van der Waals surface area contributed by atoms with Gasteiger partial charge < -0.3 is 9.84 Å². The van der Waals surface area contributed by atoms with Gasteiger partial charge in [-0.2, -0.15) is 0 Å². The van der Waals surface area contributed by atoms with Crippen LogP contribution in [0, 0.1) is 0 Å². The molecule has 0 aliphatic carbocycles. The summed E-state index contributed by atoms with van der Waals surface area (Å²) in [6.07, 6.45) is 5.23. The van der Waals surface area contributed by atoms with Gasteiger partial charge in [-0.25, -0.2) is 0 Å². The molecule has 0 bridgehead atoms. The number of hydrogen-bond acceptors (Lipinski definition) is 4. The van der Waals surface area contributed by atoms with Gasteiger partial charge in [0.25, 0.3) is 0 Å². The molecule has 1 N–H and O–H groups in total. The molecule has 1 atom stereocenters. The van der Waals surface area contributed by atoms with Crippen LogP contribution in [0.1, 0.15) is 17.5 Å². The molecule has 0 amide bonds. The molecule has 0 spiro atoms. The number of methoxy groups -OCH3 is 1. The Morgan fingerprint density at radius 2 is 1.96 bits per heavy atom. The van der Waals surface area contributed by atoms with E-state index in [1.807, 2.05) is 18.2 Å². The molecule has 4 nitrogen and oxygen atoms in total. The predicted molar refractivity (Wildman–Crippen MR) is 111 cm³/mol. The van der Waals surface area contributed by atoms with Gasteiger partial charge in [-0.15, -0.1) is 0 Å². The van der Waals surface area contributed by atoms with Crippen LogP contribution in [0.15, 0.2) is 60.7 Å². The summed E-state index contributed by atoms with van der Waals surface area (Å²) in [5.74, 6) is 0.899. The minimum atomic E-state index is 0.229. The fourth-order valence-electron chi connectivity index (χ4n) is 3.66. The van der Waals surface area contributed by atoms with E-state index in [9.17, 15) is 5.11 Å². The van der Waals surface area contributed by atoms with Crippen LogP contribution in [-0.2, 0) is 6.54 Å². The van der Waals surface area contributed by atoms with E-state index in [1.54, 1.807) is 7.11 Å². The third-order valence-corrected chi connectivity index (χ3v) is 5.14. The largest absolute Gasteiger partial charge is 0.497 e. The Morgan fingerprint density at radius 3 is 2.74 bits per heavy atom. The van der Waals surface area contributed by atoms with Gasteiger partial charge in [0.15, 0.2) is 0 Å². The SMILES string of the molecule is COc1cccc(CN2CCN(C/C=C/c3ccccc3)C[C@H]2CCO)c1. The lowest BCUT2D eigenvalue weighted by Crippen LogP contribution is -2.52. The highest BCUT2D eigenvalue weighted by molar-refractivity contribution is 5.48. The average Bonchev–Trinajstić information content (AvgIpc) is 2.71. The van der Waals surface area contributed by atoms with E-state index in [0.717, 1.165) is 44.9 Å². The van der Waals surface area contributed by atoms with E-state index in [1.165, 1.54) is 11.1 Å². The predicted octanol–water partition coefficient (Wildman–Crippen LogP) is 3.28. The molecular formula is C23H30N2O2. The van der Waals surface area contributed by atoms with E-state index in [4.69, 9.17) is 4.74 Å². The third-order valence-electron chi connectivity index (χ3n) is 5.14. The monoisotopic (exact) mass is 366 g/mol. The van der Waals surface area contributed by atoms with Crippen molar-refractivity contribution in [3.05, 3.63) is 71.8 Å². The van der Waals surface area contributed by atoms with Gasteiger partial charge in [0.05, 0.1) is 7.11 Å². The second kappa shape index (κ2) is 10.3. The van der Waals surface area contributed by atoms with Crippen molar-refractivity contribution in [2.24, 2.45) is 0 Å². The number of hydrogen-bond donors (Lipinski definition) is 1. The fraction of sp³-hybridized carbons (Fsp3) is 0.391. The number of rotatable bonds is 8. The molecule has 3 rings (SSSR count). The Labute approximate surface area is 162 Å². The summed E-state index contributed by atoms with van der Waals surface area (Å²) in [6.45, 7) is 5.13. The second-order valence-corrected chi connectivity index (χ2v) is 7.06. The molecule has 0 radical (unpaired) electrons. The number of benzene rings is 2. The van der Waals surface area contributed by atoms with E-state index in [0.29, 0.717) is 6.04 Å².